The monoisotopic (exact) mass is 305 g/mol. The third-order valence-corrected chi connectivity index (χ3v) is 4.62. The second kappa shape index (κ2) is 4.51. The third-order valence-electron chi connectivity index (χ3n) is 3.21. The Morgan fingerprint density at radius 1 is 1.20 bits per heavy atom. The number of rotatable bonds is 2. The van der Waals surface area contributed by atoms with Crippen molar-refractivity contribution in [3.8, 4) is 0 Å². The van der Waals surface area contributed by atoms with E-state index in [9.17, 15) is 21.6 Å². The quantitative estimate of drug-likeness (QED) is 0.847. The summed E-state index contributed by atoms with van der Waals surface area (Å²) in [4.78, 5) is 0. The molecular formula is C13H14F3NO2S. The Bertz CT molecular complexity index is 758. The van der Waals surface area contributed by atoms with Gasteiger partial charge in [-0.1, -0.05) is 26.0 Å². The van der Waals surface area contributed by atoms with Crippen LogP contribution in [-0.4, -0.2) is 17.9 Å². The van der Waals surface area contributed by atoms with Crippen LogP contribution in [0.3, 0.4) is 0 Å². The maximum Gasteiger partial charge on any atom is 0.517 e. The summed E-state index contributed by atoms with van der Waals surface area (Å²) in [6, 6.07) is 4.95. The molecule has 0 aliphatic carbocycles. The summed E-state index contributed by atoms with van der Waals surface area (Å²) in [6.07, 6.45) is 1.01. The van der Waals surface area contributed by atoms with Crippen LogP contribution in [0.2, 0.25) is 0 Å². The third kappa shape index (κ3) is 2.19. The van der Waals surface area contributed by atoms with Crippen molar-refractivity contribution in [2.45, 2.75) is 32.2 Å². The minimum absolute atomic E-state index is 0.0611. The molecule has 1 aromatic heterocycles. The van der Waals surface area contributed by atoms with Gasteiger partial charge in [0.25, 0.3) is 0 Å². The summed E-state index contributed by atoms with van der Waals surface area (Å²) >= 11 is 0. The van der Waals surface area contributed by atoms with Crippen molar-refractivity contribution in [1.29, 1.82) is 0 Å². The fourth-order valence-electron chi connectivity index (χ4n) is 2.05. The first-order chi connectivity index (χ1) is 9.05. The first-order valence-electron chi connectivity index (χ1n) is 5.99. The van der Waals surface area contributed by atoms with Crippen LogP contribution in [0.1, 0.15) is 30.9 Å². The van der Waals surface area contributed by atoms with Gasteiger partial charge in [0.1, 0.15) is 0 Å². The molecule has 1 heterocycles. The summed E-state index contributed by atoms with van der Waals surface area (Å²) < 4.78 is 61.6. The smallest absolute Gasteiger partial charge is 0.237 e. The zero-order valence-corrected chi connectivity index (χ0v) is 12.0. The molecule has 20 heavy (non-hydrogen) atoms. The Morgan fingerprint density at radius 3 is 2.30 bits per heavy atom. The van der Waals surface area contributed by atoms with Crippen molar-refractivity contribution < 1.29 is 21.6 Å². The highest BCUT2D eigenvalue weighted by molar-refractivity contribution is 7.90. The lowest BCUT2D eigenvalue weighted by atomic mass is 10.0. The molecule has 0 fully saturated rings. The number of hydrogen-bond donors (Lipinski definition) is 0. The van der Waals surface area contributed by atoms with Crippen LogP contribution in [0.5, 0.6) is 0 Å². The topological polar surface area (TPSA) is 39.1 Å². The number of halogens is 3. The summed E-state index contributed by atoms with van der Waals surface area (Å²) in [5.41, 5.74) is -3.98. The summed E-state index contributed by atoms with van der Waals surface area (Å²) in [5.74, 6) is 0.0941. The van der Waals surface area contributed by atoms with E-state index in [0.717, 1.165) is 11.8 Å². The van der Waals surface area contributed by atoms with Gasteiger partial charge in [-0.05, 0) is 30.0 Å². The van der Waals surface area contributed by atoms with Gasteiger partial charge in [0, 0.05) is 11.6 Å². The van der Waals surface area contributed by atoms with E-state index in [2.05, 4.69) is 0 Å². The van der Waals surface area contributed by atoms with Crippen molar-refractivity contribution in [3.05, 3.63) is 35.5 Å². The normalized spacial score (nSPS) is 13.3. The van der Waals surface area contributed by atoms with E-state index in [1.165, 1.54) is 6.07 Å². The number of aryl methyl sites for hydroxylation is 1. The lowest BCUT2D eigenvalue weighted by molar-refractivity contribution is -0.0445. The van der Waals surface area contributed by atoms with Gasteiger partial charge < -0.3 is 0 Å². The standard InChI is InChI=1S/C13H14F3NO2S/c1-8(2)10-4-5-11-9(3)7-17(12(11)6-10)20(18,19)13(14,15)16/h4-8H,1-3H3. The van der Waals surface area contributed by atoms with Crippen molar-refractivity contribution in [3.63, 3.8) is 0 Å². The molecule has 7 heteroatoms. The highest BCUT2D eigenvalue weighted by atomic mass is 32.2. The number of alkyl halides is 3. The molecule has 0 saturated heterocycles. The molecule has 0 bridgehead atoms. The largest absolute Gasteiger partial charge is 0.517 e. The van der Waals surface area contributed by atoms with Gasteiger partial charge in [-0.15, -0.1) is 0 Å². The fourth-order valence-corrected chi connectivity index (χ4v) is 2.98. The minimum Gasteiger partial charge on any atom is -0.237 e. The SMILES string of the molecule is Cc1cn(S(=O)(=O)C(F)(F)F)c2cc(C(C)C)ccc12. The zero-order chi connectivity index (χ0) is 15.3. The number of fused-ring (bicyclic) bond motifs is 1. The molecule has 110 valence electrons. The molecule has 3 nitrogen and oxygen atoms in total. The average molecular weight is 305 g/mol. The number of hydrogen-bond acceptors (Lipinski definition) is 2. The number of aromatic nitrogens is 1. The van der Waals surface area contributed by atoms with Crippen molar-refractivity contribution in [2.24, 2.45) is 0 Å². The Hall–Kier alpha value is -1.50. The van der Waals surface area contributed by atoms with Crippen LogP contribution in [-0.2, 0) is 10.0 Å². The molecule has 0 spiro atoms. The van der Waals surface area contributed by atoms with E-state index >= 15 is 0 Å². The zero-order valence-electron chi connectivity index (χ0n) is 11.2. The predicted molar refractivity (Wildman–Crippen MR) is 71.1 cm³/mol. The van der Waals surface area contributed by atoms with Gasteiger partial charge in [-0.3, -0.25) is 0 Å². The van der Waals surface area contributed by atoms with E-state index in [0.29, 0.717) is 14.9 Å². The van der Waals surface area contributed by atoms with E-state index in [1.807, 2.05) is 13.8 Å². The molecule has 1 aromatic carbocycles. The van der Waals surface area contributed by atoms with E-state index in [1.54, 1.807) is 19.1 Å². The molecule has 0 unspecified atom stereocenters. The Balaban J connectivity index is 2.81. The Morgan fingerprint density at radius 2 is 1.80 bits per heavy atom. The first kappa shape index (κ1) is 14.9. The van der Waals surface area contributed by atoms with Gasteiger partial charge in [0.2, 0.25) is 0 Å². The van der Waals surface area contributed by atoms with Gasteiger partial charge in [0.05, 0.1) is 5.52 Å². The second-order valence-electron chi connectivity index (χ2n) is 4.99. The van der Waals surface area contributed by atoms with Crippen LogP contribution in [0.4, 0.5) is 13.2 Å². The summed E-state index contributed by atoms with van der Waals surface area (Å²) in [5, 5.41) is 0.502. The molecule has 0 atom stereocenters. The van der Waals surface area contributed by atoms with Crippen molar-refractivity contribution in [2.75, 3.05) is 0 Å². The summed E-state index contributed by atoms with van der Waals surface area (Å²) in [6.45, 7) is 5.36. The van der Waals surface area contributed by atoms with Gasteiger partial charge in [0.15, 0.2) is 0 Å². The van der Waals surface area contributed by atoms with Gasteiger partial charge >= 0.3 is 15.5 Å². The van der Waals surface area contributed by atoms with Crippen molar-refractivity contribution >= 4 is 20.9 Å². The van der Waals surface area contributed by atoms with Crippen LogP contribution < -0.4 is 0 Å². The van der Waals surface area contributed by atoms with E-state index in [4.69, 9.17) is 0 Å². The molecule has 0 radical (unpaired) electrons. The van der Waals surface area contributed by atoms with Gasteiger partial charge in [-0.2, -0.15) is 21.6 Å². The molecule has 2 rings (SSSR count). The molecule has 0 amide bonds. The molecule has 0 aliphatic heterocycles. The molecule has 0 N–H and O–H groups in total. The molecule has 2 aromatic rings. The van der Waals surface area contributed by atoms with E-state index < -0.39 is 15.5 Å². The molecule has 0 saturated carbocycles. The van der Waals surface area contributed by atoms with Gasteiger partial charge in [-0.25, -0.2) is 3.97 Å². The first-order valence-corrected chi connectivity index (χ1v) is 7.43. The minimum atomic E-state index is -5.41. The van der Waals surface area contributed by atoms with Crippen LogP contribution in [0, 0.1) is 6.92 Å². The van der Waals surface area contributed by atoms with Crippen LogP contribution >= 0.6 is 0 Å². The van der Waals surface area contributed by atoms with Crippen molar-refractivity contribution in [1.82, 2.24) is 3.97 Å². The van der Waals surface area contributed by atoms with Crippen LogP contribution in [0.15, 0.2) is 24.4 Å². The number of benzene rings is 1. The lowest BCUT2D eigenvalue weighted by Gasteiger charge is -2.11. The molecule has 0 aliphatic rings. The summed E-state index contributed by atoms with van der Waals surface area (Å²) in [7, 11) is -5.41. The highest BCUT2D eigenvalue weighted by Gasteiger charge is 2.47. The maximum atomic E-state index is 12.7. The van der Waals surface area contributed by atoms with E-state index in [-0.39, 0.29) is 11.4 Å². The lowest BCUT2D eigenvalue weighted by Crippen LogP contribution is -2.29. The predicted octanol–water partition coefficient (Wildman–Crippen LogP) is 3.77. The second-order valence-corrected chi connectivity index (χ2v) is 6.80. The Kier molecular flexibility index (Phi) is 3.36. The fraction of sp³-hybridized carbons (Fsp3) is 0.385. The Labute approximate surface area is 115 Å². The van der Waals surface area contributed by atoms with Crippen LogP contribution in [0.25, 0.3) is 10.9 Å². The molecular weight excluding hydrogens is 291 g/mol. The number of nitrogens with zero attached hydrogens (tertiary/aromatic N) is 1. The average Bonchev–Trinajstić information content (AvgIpc) is 2.65. The maximum absolute atomic E-state index is 12.7. The highest BCUT2D eigenvalue weighted by Crippen LogP contribution is 2.32.